The molecule has 9 heteroatoms. The summed E-state index contributed by atoms with van der Waals surface area (Å²) in [6.45, 7) is 9.62. The molecule has 7 nitrogen and oxygen atoms in total. The van der Waals surface area contributed by atoms with E-state index in [0.717, 1.165) is 31.9 Å². The summed E-state index contributed by atoms with van der Waals surface area (Å²) in [6, 6.07) is 10.2. The fraction of sp³-hybridized carbons (Fsp3) is 0.435. The van der Waals surface area contributed by atoms with Crippen LogP contribution in [0.15, 0.2) is 41.3 Å². The molecule has 1 N–H and O–H groups in total. The number of anilines is 2. The summed E-state index contributed by atoms with van der Waals surface area (Å²) in [4.78, 5) is 17.8. The third-order valence-corrected chi connectivity index (χ3v) is 8.25. The summed E-state index contributed by atoms with van der Waals surface area (Å²) in [5.74, 6) is -0.376. The lowest BCUT2D eigenvalue weighted by atomic mass is 10.1. The van der Waals surface area contributed by atoms with Gasteiger partial charge in [-0.3, -0.25) is 4.79 Å². The number of carbonyl (C=O) groups is 1. The number of benzene rings is 2. The Morgan fingerprint density at radius 3 is 2.34 bits per heavy atom. The molecule has 0 aliphatic carbocycles. The average molecular weight is 479 g/mol. The van der Waals surface area contributed by atoms with Crippen molar-refractivity contribution in [1.29, 1.82) is 0 Å². The van der Waals surface area contributed by atoms with Crippen molar-refractivity contribution in [2.24, 2.45) is 0 Å². The van der Waals surface area contributed by atoms with Crippen LogP contribution in [0.2, 0.25) is 5.02 Å². The van der Waals surface area contributed by atoms with E-state index in [1.54, 1.807) is 39.0 Å². The first-order valence-electron chi connectivity index (χ1n) is 10.8. The van der Waals surface area contributed by atoms with Gasteiger partial charge in [-0.2, -0.15) is 4.31 Å². The van der Waals surface area contributed by atoms with Gasteiger partial charge in [0.15, 0.2) is 0 Å². The lowest BCUT2D eigenvalue weighted by Gasteiger charge is -2.35. The number of rotatable bonds is 7. The number of amides is 1. The number of carbonyl (C=O) groups excluding carboxylic acids is 1. The van der Waals surface area contributed by atoms with Crippen molar-refractivity contribution >= 4 is 38.9 Å². The van der Waals surface area contributed by atoms with Gasteiger partial charge in [0.2, 0.25) is 10.0 Å². The molecule has 0 aromatic heterocycles. The van der Waals surface area contributed by atoms with Crippen LogP contribution in [0, 0.1) is 6.92 Å². The average Bonchev–Trinajstić information content (AvgIpc) is 2.75. The lowest BCUT2D eigenvalue weighted by molar-refractivity contribution is 0.102. The van der Waals surface area contributed by atoms with Crippen LogP contribution >= 0.6 is 11.6 Å². The number of hydrogen-bond donors (Lipinski definition) is 1. The molecular weight excluding hydrogens is 448 g/mol. The van der Waals surface area contributed by atoms with Gasteiger partial charge in [-0.1, -0.05) is 31.5 Å². The smallest absolute Gasteiger partial charge is 0.255 e. The summed E-state index contributed by atoms with van der Waals surface area (Å²) in [5, 5.41) is 3.46. The SMILES string of the molecule is CCN(CC)S(=O)(=O)c1cc(C(=O)Nc2cc(Cl)ccc2N2CCN(C)CC2)ccc1C. The number of likely N-dealkylation sites (N-methyl/N-ethyl adjacent to an activating group) is 1. The van der Waals surface area contributed by atoms with Gasteiger partial charge in [-0.15, -0.1) is 0 Å². The van der Waals surface area contributed by atoms with E-state index >= 15 is 0 Å². The highest BCUT2D eigenvalue weighted by molar-refractivity contribution is 7.89. The first-order valence-corrected chi connectivity index (χ1v) is 12.6. The number of nitrogens with one attached hydrogen (secondary N) is 1. The van der Waals surface area contributed by atoms with Crippen molar-refractivity contribution in [3.05, 3.63) is 52.5 Å². The van der Waals surface area contributed by atoms with Crippen molar-refractivity contribution in [2.75, 3.05) is 56.5 Å². The number of piperazine rings is 1. The van der Waals surface area contributed by atoms with Crippen LogP contribution in [-0.4, -0.2) is 69.8 Å². The molecule has 0 atom stereocenters. The maximum atomic E-state index is 13.1. The normalized spacial score (nSPS) is 15.2. The highest BCUT2D eigenvalue weighted by Gasteiger charge is 2.25. The molecule has 0 unspecified atom stereocenters. The van der Waals surface area contributed by atoms with Crippen molar-refractivity contribution < 1.29 is 13.2 Å². The van der Waals surface area contributed by atoms with Crippen LogP contribution in [0.5, 0.6) is 0 Å². The van der Waals surface area contributed by atoms with Gasteiger partial charge in [0.25, 0.3) is 5.91 Å². The van der Waals surface area contributed by atoms with Crippen molar-refractivity contribution in [3.63, 3.8) is 0 Å². The summed E-state index contributed by atoms with van der Waals surface area (Å²) in [6.07, 6.45) is 0. The Hall–Kier alpha value is -2.13. The van der Waals surface area contributed by atoms with E-state index in [1.165, 1.54) is 10.4 Å². The molecule has 0 bridgehead atoms. The standard InChI is InChI=1S/C23H31ClN4O3S/c1-5-28(6-2)32(30,31)22-15-18(8-7-17(22)3)23(29)25-20-16-19(24)9-10-21(20)27-13-11-26(4)12-14-27/h7-10,15-16H,5-6,11-14H2,1-4H3,(H,25,29). The van der Waals surface area contributed by atoms with Crippen molar-refractivity contribution in [2.45, 2.75) is 25.7 Å². The largest absolute Gasteiger partial charge is 0.367 e. The van der Waals surface area contributed by atoms with Crippen LogP contribution in [0.25, 0.3) is 0 Å². The first kappa shape index (κ1) is 24.5. The van der Waals surface area contributed by atoms with Gasteiger partial charge in [0.1, 0.15) is 0 Å². The van der Waals surface area contributed by atoms with Crippen LogP contribution in [0.1, 0.15) is 29.8 Å². The number of aryl methyl sites for hydroxylation is 1. The third kappa shape index (κ3) is 5.26. The minimum atomic E-state index is -3.68. The molecular formula is C23H31ClN4O3S. The van der Waals surface area contributed by atoms with Gasteiger partial charge in [0.05, 0.1) is 16.3 Å². The lowest BCUT2D eigenvalue weighted by Crippen LogP contribution is -2.44. The molecule has 1 fully saturated rings. The maximum Gasteiger partial charge on any atom is 0.255 e. The van der Waals surface area contributed by atoms with Crippen LogP contribution in [0.3, 0.4) is 0 Å². The topological polar surface area (TPSA) is 73.0 Å². The second-order valence-electron chi connectivity index (χ2n) is 7.98. The molecule has 1 aliphatic heterocycles. The van der Waals surface area contributed by atoms with Crippen LogP contribution in [0.4, 0.5) is 11.4 Å². The predicted octanol–water partition coefficient (Wildman–Crippen LogP) is 3.68. The quantitative estimate of drug-likeness (QED) is 0.657. The Bertz CT molecular complexity index is 1080. The number of sulfonamides is 1. The van der Waals surface area contributed by atoms with E-state index in [2.05, 4.69) is 22.2 Å². The Morgan fingerprint density at radius 1 is 1.06 bits per heavy atom. The Morgan fingerprint density at radius 2 is 1.72 bits per heavy atom. The van der Waals surface area contributed by atoms with E-state index < -0.39 is 10.0 Å². The van der Waals surface area contributed by atoms with Crippen molar-refractivity contribution in [3.8, 4) is 0 Å². The van der Waals surface area contributed by atoms with Crippen LogP contribution < -0.4 is 10.2 Å². The van der Waals surface area contributed by atoms with Crippen molar-refractivity contribution in [1.82, 2.24) is 9.21 Å². The highest BCUT2D eigenvalue weighted by atomic mass is 35.5. The second-order valence-corrected chi connectivity index (χ2v) is 10.3. The Kier molecular flexibility index (Phi) is 7.82. The zero-order chi connectivity index (χ0) is 23.5. The fourth-order valence-corrected chi connectivity index (χ4v) is 5.73. The summed E-state index contributed by atoms with van der Waals surface area (Å²) >= 11 is 6.22. The minimum absolute atomic E-state index is 0.152. The molecule has 0 radical (unpaired) electrons. The minimum Gasteiger partial charge on any atom is -0.367 e. The predicted molar refractivity (Wildman–Crippen MR) is 130 cm³/mol. The van der Waals surface area contributed by atoms with Crippen LogP contribution in [-0.2, 0) is 10.0 Å². The van der Waals surface area contributed by atoms with Gasteiger partial charge in [-0.05, 0) is 49.9 Å². The summed E-state index contributed by atoms with van der Waals surface area (Å²) in [7, 11) is -1.59. The molecule has 2 aromatic rings. The molecule has 0 spiro atoms. The molecule has 0 saturated carbocycles. The van der Waals surface area contributed by atoms with E-state index in [9.17, 15) is 13.2 Å². The number of nitrogens with zero attached hydrogens (tertiary/aromatic N) is 3. The maximum absolute atomic E-state index is 13.1. The Labute approximate surface area is 196 Å². The molecule has 1 heterocycles. The molecule has 1 amide bonds. The third-order valence-electron chi connectivity index (χ3n) is 5.82. The molecule has 32 heavy (non-hydrogen) atoms. The van der Waals surface area contributed by atoms with Gasteiger partial charge < -0.3 is 15.1 Å². The fourth-order valence-electron chi connectivity index (χ4n) is 3.85. The summed E-state index contributed by atoms with van der Waals surface area (Å²) in [5.41, 5.74) is 2.40. The molecule has 3 rings (SSSR count). The molecule has 2 aromatic carbocycles. The first-order chi connectivity index (χ1) is 15.2. The number of halogens is 1. The summed E-state index contributed by atoms with van der Waals surface area (Å²) < 4.78 is 27.5. The van der Waals surface area contributed by atoms with E-state index in [-0.39, 0.29) is 16.4 Å². The Balaban J connectivity index is 1.91. The monoisotopic (exact) mass is 478 g/mol. The molecule has 174 valence electrons. The van der Waals surface area contributed by atoms with Gasteiger partial charge >= 0.3 is 0 Å². The van der Waals surface area contributed by atoms with E-state index in [1.807, 2.05) is 12.1 Å². The molecule has 1 aliphatic rings. The van der Waals surface area contributed by atoms with Gasteiger partial charge in [0, 0.05) is 49.9 Å². The zero-order valence-corrected chi connectivity index (χ0v) is 20.6. The van der Waals surface area contributed by atoms with E-state index in [4.69, 9.17) is 11.6 Å². The van der Waals surface area contributed by atoms with Gasteiger partial charge in [-0.25, -0.2) is 8.42 Å². The zero-order valence-electron chi connectivity index (χ0n) is 19.1. The second kappa shape index (κ2) is 10.2. The highest BCUT2D eigenvalue weighted by Crippen LogP contribution is 2.31. The van der Waals surface area contributed by atoms with E-state index in [0.29, 0.717) is 29.4 Å². The number of hydrogen-bond acceptors (Lipinski definition) is 5. The molecule has 1 saturated heterocycles.